The van der Waals surface area contributed by atoms with Crippen LogP contribution in [0.2, 0.25) is 0 Å². The summed E-state index contributed by atoms with van der Waals surface area (Å²) in [5, 5.41) is 29.5. The van der Waals surface area contributed by atoms with Gasteiger partial charge in [0.25, 0.3) is 0 Å². The minimum absolute atomic E-state index is 0.104. The summed E-state index contributed by atoms with van der Waals surface area (Å²) in [6.45, 7) is 6.65. The van der Waals surface area contributed by atoms with Crippen LogP contribution in [0.1, 0.15) is 50.8 Å². The van der Waals surface area contributed by atoms with Crippen molar-refractivity contribution in [1.29, 1.82) is 0 Å². The number of aromatic hydroxyl groups is 2. The van der Waals surface area contributed by atoms with Gasteiger partial charge in [-0.3, -0.25) is 19.0 Å². The summed E-state index contributed by atoms with van der Waals surface area (Å²) < 4.78 is 13.0. The number of carbonyl (C=O) groups excluding carboxylic acids is 1. The highest BCUT2D eigenvalue weighted by molar-refractivity contribution is 7.09. The SMILES string of the molecule is Cc1c(C)c2c(c(C)c1O)C(=O)CC(C)(COc1ccc(Cc3sc(=O)n(CC(=O)O)c3O)cc1)O2. The Morgan fingerprint density at radius 2 is 1.78 bits per heavy atom. The number of aliphatic carboxylic acids is 1. The van der Waals surface area contributed by atoms with E-state index in [0.717, 1.165) is 27.0 Å². The van der Waals surface area contributed by atoms with Crippen molar-refractivity contribution in [1.82, 2.24) is 4.57 Å². The molecule has 0 amide bonds. The minimum atomic E-state index is -1.21. The first-order valence-corrected chi connectivity index (χ1v) is 12.1. The number of ether oxygens (including phenoxy) is 2. The van der Waals surface area contributed by atoms with Crippen LogP contribution in [0.5, 0.6) is 23.1 Å². The number of aromatic nitrogens is 1. The molecule has 2 heterocycles. The number of fused-ring (bicyclic) bond motifs is 1. The summed E-state index contributed by atoms with van der Waals surface area (Å²) in [5.74, 6) is -0.511. The van der Waals surface area contributed by atoms with Crippen molar-refractivity contribution in [3.8, 4) is 23.1 Å². The highest BCUT2D eigenvalue weighted by Crippen LogP contribution is 2.43. The Bertz CT molecular complexity index is 1420. The molecule has 4 rings (SSSR count). The number of thiazole rings is 1. The lowest BCUT2D eigenvalue weighted by Crippen LogP contribution is -2.44. The zero-order valence-electron chi connectivity index (χ0n) is 20.4. The van der Waals surface area contributed by atoms with Gasteiger partial charge in [-0.1, -0.05) is 23.5 Å². The van der Waals surface area contributed by atoms with E-state index < -0.39 is 23.0 Å². The Labute approximate surface area is 211 Å². The van der Waals surface area contributed by atoms with Crippen LogP contribution in [0.15, 0.2) is 29.1 Å². The number of carbonyl (C=O) groups is 2. The topological polar surface area (TPSA) is 135 Å². The van der Waals surface area contributed by atoms with Crippen molar-refractivity contribution in [2.45, 2.75) is 52.7 Å². The number of carboxylic acid groups (broad SMARTS) is 1. The first-order chi connectivity index (χ1) is 16.9. The molecule has 1 aliphatic rings. The lowest BCUT2D eigenvalue weighted by molar-refractivity contribution is -0.137. The zero-order chi connectivity index (χ0) is 26.4. The molecule has 0 bridgehead atoms. The number of hydrogen-bond donors (Lipinski definition) is 3. The summed E-state index contributed by atoms with van der Waals surface area (Å²) in [6.07, 6.45) is 0.363. The maximum absolute atomic E-state index is 13.0. The molecule has 10 heteroatoms. The van der Waals surface area contributed by atoms with Gasteiger partial charge in [-0.2, -0.15) is 0 Å². The minimum Gasteiger partial charge on any atom is -0.507 e. The Morgan fingerprint density at radius 1 is 1.11 bits per heavy atom. The lowest BCUT2D eigenvalue weighted by Gasteiger charge is -2.36. The normalized spacial score (nSPS) is 16.9. The van der Waals surface area contributed by atoms with Crippen LogP contribution in [-0.4, -0.2) is 43.8 Å². The highest BCUT2D eigenvalue weighted by atomic mass is 32.1. The number of rotatable bonds is 7. The Morgan fingerprint density at radius 3 is 2.42 bits per heavy atom. The summed E-state index contributed by atoms with van der Waals surface area (Å²) in [7, 11) is 0. The van der Waals surface area contributed by atoms with Gasteiger partial charge in [0.15, 0.2) is 5.78 Å². The monoisotopic (exact) mass is 513 g/mol. The van der Waals surface area contributed by atoms with Crippen LogP contribution in [-0.2, 0) is 17.8 Å². The van der Waals surface area contributed by atoms with Crippen LogP contribution in [0.4, 0.5) is 0 Å². The number of ketones is 1. The molecule has 1 atom stereocenters. The van der Waals surface area contributed by atoms with E-state index in [1.54, 1.807) is 38.1 Å². The molecular weight excluding hydrogens is 486 g/mol. The molecule has 0 radical (unpaired) electrons. The molecule has 0 spiro atoms. The van der Waals surface area contributed by atoms with E-state index >= 15 is 0 Å². The molecule has 0 fully saturated rings. The van der Waals surface area contributed by atoms with Gasteiger partial charge in [0, 0.05) is 12.0 Å². The summed E-state index contributed by atoms with van der Waals surface area (Å²) >= 11 is 0.808. The predicted octanol–water partition coefficient (Wildman–Crippen LogP) is 3.72. The van der Waals surface area contributed by atoms with Gasteiger partial charge >= 0.3 is 10.8 Å². The molecule has 1 unspecified atom stereocenters. The maximum Gasteiger partial charge on any atom is 0.323 e. The first-order valence-electron chi connectivity index (χ1n) is 11.3. The fourth-order valence-corrected chi connectivity index (χ4v) is 5.23. The summed E-state index contributed by atoms with van der Waals surface area (Å²) in [6, 6.07) is 7.04. The van der Waals surface area contributed by atoms with Gasteiger partial charge < -0.3 is 24.8 Å². The number of hydrogen-bond acceptors (Lipinski definition) is 8. The smallest absolute Gasteiger partial charge is 0.323 e. The van der Waals surface area contributed by atoms with E-state index in [1.165, 1.54) is 0 Å². The van der Waals surface area contributed by atoms with Crippen LogP contribution >= 0.6 is 11.3 Å². The van der Waals surface area contributed by atoms with Gasteiger partial charge in [-0.15, -0.1) is 0 Å². The molecule has 1 aliphatic heterocycles. The fraction of sp³-hybridized carbons (Fsp3) is 0.346. The molecular formula is C26H27NO8S. The standard InChI is InChI=1S/C26H27NO8S/c1-13-14(2)23-21(15(3)22(13)31)18(28)10-26(4,35-23)12-34-17-7-5-16(6-8-17)9-19-24(32)27(11-20(29)30)25(33)36-19/h5-8,31-32H,9-12H2,1-4H3,(H,29,30). The van der Waals surface area contributed by atoms with Gasteiger partial charge in [-0.25, -0.2) is 0 Å². The van der Waals surface area contributed by atoms with Crippen molar-refractivity contribution in [2.24, 2.45) is 0 Å². The maximum atomic E-state index is 13.0. The average molecular weight is 514 g/mol. The molecule has 1 aromatic heterocycles. The molecule has 3 aromatic rings. The summed E-state index contributed by atoms with van der Waals surface area (Å²) in [5.41, 5.74) is 2.24. The molecule has 2 aromatic carbocycles. The Balaban J connectivity index is 1.46. The molecule has 0 saturated heterocycles. The van der Waals surface area contributed by atoms with Gasteiger partial charge in [-0.05, 0) is 56.5 Å². The lowest BCUT2D eigenvalue weighted by atomic mass is 9.86. The predicted molar refractivity (Wildman–Crippen MR) is 133 cm³/mol. The second-order valence-electron chi connectivity index (χ2n) is 9.28. The second kappa shape index (κ2) is 9.34. The number of Topliss-reactive ketones (excluding diaryl/α,β-unsaturated/α-hetero) is 1. The molecule has 0 saturated carbocycles. The van der Waals surface area contributed by atoms with Crippen molar-refractivity contribution in [3.63, 3.8) is 0 Å². The van der Waals surface area contributed by atoms with Crippen molar-refractivity contribution in [3.05, 3.63) is 66.6 Å². The average Bonchev–Trinajstić information content (AvgIpc) is 3.07. The molecule has 3 N–H and O–H groups in total. The third kappa shape index (κ3) is 4.68. The van der Waals surface area contributed by atoms with Crippen molar-refractivity contribution < 1.29 is 34.4 Å². The Hall–Kier alpha value is -3.79. The van der Waals surface area contributed by atoms with E-state index in [2.05, 4.69) is 0 Å². The van der Waals surface area contributed by atoms with Gasteiger partial charge in [0.2, 0.25) is 5.88 Å². The quantitative estimate of drug-likeness (QED) is 0.435. The number of carboxylic acids is 1. The van der Waals surface area contributed by atoms with E-state index in [4.69, 9.17) is 14.6 Å². The number of phenolic OH excluding ortho intramolecular Hbond substituents is 1. The van der Waals surface area contributed by atoms with Crippen molar-refractivity contribution in [2.75, 3.05) is 6.61 Å². The number of nitrogens with zero attached hydrogens (tertiary/aromatic N) is 1. The number of phenols is 1. The summed E-state index contributed by atoms with van der Waals surface area (Å²) in [4.78, 5) is 35.7. The van der Waals surface area contributed by atoms with Gasteiger partial charge in [0.05, 0.1) is 16.9 Å². The van der Waals surface area contributed by atoms with Gasteiger partial charge in [0.1, 0.15) is 36.0 Å². The van der Waals surface area contributed by atoms with Crippen LogP contribution in [0.25, 0.3) is 0 Å². The van der Waals surface area contributed by atoms with E-state index in [-0.39, 0.29) is 36.9 Å². The third-order valence-electron chi connectivity index (χ3n) is 6.44. The Kier molecular flexibility index (Phi) is 6.57. The molecule has 0 aliphatic carbocycles. The molecule has 190 valence electrons. The van der Waals surface area contributed by atoms with Crippen LogP contribution in [0, 0.1) is 20.8 Å². The number of benzene rings is 2. The largest absolute Gasteiger partial charge is 0.507 e. The van der Waals surface area contributed by atoms with Crippen LogP contribution < -0.4 is 14.3 Å². The van der Waals surface area contributed by atoms with Crippen LogP contribution in [0.3, 0.4) is 0 Å². The van der Waals surface area contributed by atoms with E-state index in [1.807, 2.05) is 13.8 Å². The second-order valence-corrected chi connectivity index (χ2v) is 10.3. The molecule has 36 heavy (non-hydrogen) atoms. The van der Waals surface area contributed by atoms with Crippen molar-refractivity contribution >= 4 is 23.1 Å². The molecule has 9 nitrogen and oxygen atoms in total. The zero-order valence-corrected chi connectivity index (χ0v) is 21.2. The highest BCUT2D eigenvalue weighted by Gasteiger charge is 2.40. The fourth-order valence-electron chi connectivity index (χ4n) is 4.32. The van der Waals surface area contributed by atoms with E-state index in [0.29, 0.717) is 33.1 Å². The van der Waals surface area contributed by atoms with E-state index in [9.17, 15) is 24.6 Å². The third-order valence-corrected chi connectivity index (χ3v) is 7.41. The first kappa shape index (κ1) is 25.3.